The first-order chi connectivity index (χ1) is 18.3. The standard InChI is InChI=1S/C30H36N2O6/c1-29(2)19-8-10-30(29,3)27-24(19)31-28(38-27)32-11-9-16-12-21(34-4)22(35-5)14-18(16)25(32)26(33)17-6-7-20-23(13-17)37-15-36-20/h6-7,12-14,19,24-27,33H,8-11,15H2,1-5H3/t19-,24-,25+,26-,27-,30+/m1/s1. The molecule has 1 N–H and O–H groups in total. The van der Waals surface area contributed by atoms with E-state index in [1.165, 1.54) is 6.42 Å². The number of aliphatic hydroxyl groups excluding tert-OH is 1. The van der Waals surface area contributed by atoms with Crippen LogP contribution < -0.4 is 18.9 Å². The summed E-state index contributed by atoms with van der Waals surface area (Å²) in [4.78, 5) is 7.40. The van der Waals surface area contributed by atoms with E-state index in [9.17, 15) is 5.11 Å². The van der Waals surface area contributed by atoms with E-state index in [1.54, 1.807) is 14.2 Å². The number of nitrogens with zero attached hydrogens (tertiary/aromatic N) is 2. The molecule has 0 spiro atoms. The van der Waals surface area contributed by atoms with Crippen LogP contribution in [0.2, 0.25) is 0 Å². The van der Waals surface area contributed by atoms with Crippen LogP contribution >= 0.6 is 0 Å². The van der Waals surface area contributed by atoms with Crippen LogP contribution in [0.3, 0.4) is 0 Å². The summed E-state index contributed by atoms with van der Waals surface area (Å²) in [5.41, 5.74) is 3.14. The molecule has 2 aliphatic carbocycles. The highest BCUT2D eigenvalue weighted by molar-refractivity contribution is 5.78. The zero-order valence-corrected chi connectivity index (χ0v) is 22.7. The van der Waals surface area contributed by atoms with E-state index in [4.69, 9.17) is 28.7 Å². The minimum absolute atomic E-state index is 0.0707. The summed E-state index contributed by atoms with van der Waals surface area (Å²) in [7, 11) is 3.28. The molecule has 8 nitrogen and oxygen atoms in total. The van der Waals surface area contributed by atoms with Gasteiger partial charge in [-0.05, 0) is 71.6 Å². The van der Waals surface area contributed by atoms with Gasteiger partial charge in [-0.15, -0.1) is 0 Å². The van der Waals surface area contributed by atoms with Gasteiger partial charge in [0, 0.05) is 12.0 Å². The Kier molecular flexibility index (Phi) is 5.16. The Labute approximate surface area is 223 Å². The van der Waals surface area contributed by atoms with Crippen LogP contribution in [-0.4, -0.2) is 55.7 Å². The Bertz CT molecular complexity index is 1320. The van der Waals surface area contributed by atoms with E-state index in [0.29, 0.717) is 41.5 Å². The third-order valence-electron chi connectivity index (χ3n) is 10.4. The number of aliphatic imine (C=N–C) groups is 1. The maximum absolute atomic E-state index is 12.0. The van der Waals surface area contributed by atoms with Gasteiger partial charge in [-0.2, -0.15) is 0 Å². The van der Waals surface area contributed by atoms with Gasteiger partial charge in [0.2, 0.25) is 6.79 Å². The maximum atomic E-state index is 12.0. The van der Waals surface area contributed by atoms with Gasteiger partial charge in [-0.3, -0.25) is 0 Å². The fourth-order valence-corrected chi connectivity index (χ4v) is 7.84. The summed E-state index contributed by atoms with van der Waals surface area (Å²) in [6.45, 7) is 8.00. The van der Waals surface area contributed by atoms with Crippen LogP contribution in [0.25, 0.3) is 0 Å². The molecule has 0 unspecified atom stereocenters. The Hall–Kier alpha value is -3.13. The average Bonchev–Trinajstić information content (AvgIpc) is 3.66. The smallest absolute Gasteiger partial charge is 0.288 e. The van der Waals surface area contributed by atoms with E-state index in [1.807, 2.05) is 30.3 Å². The molecule has 2 fully saturated rings. The third-order valence-corrected chi connectivity index (χ3v) is 10.4. The van der Waals surface area contributed by atoms with Crippen molar-refractivity contribution in [3.8, 4) is 23.0 Å². The second-order valence-electron chi connectivity index (χ2n) is 12.1. The summed E-state index contributed by atoms with van der Waals surface area (Å²) in [5, 5.41) is 12.0. The van der Waals surface area contributed by atoms with Gasteiger partial charge in [0.1, 0.15) is 12.2 Å². The molecule has 2 aromatic rings. The Morgan fingerprint density at radius 3 is 2.58 bits per heavy atom. The number of ether oxygens (including phenoxy) is 5. The third kappa shape index (κ3) is 3.09. The fourth-order valence-electron chi connectivity index (χ4n) is 7.84. The SMILES string of the molecule is COc1cc2c(cc1OC)[C@@H]([C@H](O)c1ccc3c(c1)OCO3)N(C1=N[C@@H]3[C@H]4CC[C@@](C)([C@@H]3O1)C4(C)C)CC2. The second kappa shape index (κ2) is 8.18. The lowest BCUT2D eigenvalue weighted by Gasteiger charge is -2.42. The zero-order chi connectivity index (χ0) is 26.4. The van der Waals surface area contributed by atoms with Crippen molar-refractivity contribution in [2.24, 2.45) is 21.7 Å². The monoisotopic (exact) mass is 520 g/mol. The highest BCUT2D eigenvalue weighted by Gasteiger charge is 2.69. The Balaban J connectivity index is 1.30. The molecule has 2 saturated carbocycles. The van der Waals surface area contributed by atoms with E-state index in [0.717, 1.165) is 29.5 Å². The molecule has 0 saturated heterocycles. The van der Waals surface area contributed by atoms with Crippen molar-refractivity contribution in [1.29, 1.82) is 0 Å². The molecule has 0 radical (unpaired) electrons. The number of fused-ring (bicyclic) bond motifs is 7. The summed E-state index contributed by atoms with van der Waals surface area (Å²) < 4.78 is 29.1. The van der Waals surface area contributed by atoms with Gasteiger partial charge in [-0.1, -0.05) is 26.8 Å². The average molecular weight is 521 g/mol. The predicted molar refractivity (Wildman–Crippen MR) is 141 cm³/mol. The molecule has 3 aliphatic heterocycles. The van der Waals surface area contributed by atoms with Crippen molar-refractivity contribution in [3.05, 3.63) is 47.0 Å². The van der Waals surface area contributed by atoms with Crippen LogP contribution in [0.5, 0.6) is 23.0 Å². The van der Waals surface area contributed by atoms with Gasteiger partial charge in [0.15, 0.2) is 23.0 Å². The van der Waals surface area contributed by atoms with Crippen LogP contribution in [0.1, 0.15) is 62.4 Å². The van der Waals surface area contributed by atoms with Gasteiger partial charge in [0.25, 0.3) is 6.02 Å². The van der Waals surface area contributed by atoms with Gasteiger partial charge >= 0.3 is 0 Å². The van der Waals surface area contributed by atoms with Crippen LogP contribution in [0.4, 0.5) is 0 Å². The normalized spacial score (nSPS) is 32.4. The number of amidine groups is 1. The molecule has 2 bridgehead atoms. The summed E-state index contributed by atoms with van der Waals surface area (Å²) in [6, 6.07) is 10.0. The number of rotatable bonds is 4. The highest BCUT2D eigenvalue weighted by atomic mass is 16.7. The van der Waals surface area contributed by atoms with Crippen LogP contribution in [0, 0.1) is 16.7 Å². The van der Waals surface area contributed by atoms with Crippen LogP contribution in [0.15, 0.2) is 35.3 Å². The lowest BCUT2D eigenvalue weighted by atomic mass is 9.70. The molecule has 0 amide bonds. The molecule has 202 valence electrons. The molecule has 6 atom stereocenters. The Morgan fingerprint density at radius 1 is 1.05 bits per heavy atom. The van der Waals surface area contributed by atoms with E-state index < -0.39 is 12.1 Å². The van der Waals surface area contributed by atoms with E-state index in [-0.39, 0.29) is 29.8 Å². The van der Waals surface area contributed by atoms with Crippen molar-refractivity contribution >= 4 is 6.02 Å². The lowest BCUT2D eigenvalue weighted by molar-refractivity contribution is 0.00518. The maximum Gasteiger partial charge on any atom is 0.288 e. The largest absolute Gasteiger partial charge is 0.493 e. The molecule has 3 heterocycles. The number of hydrogen-bond donors (Lipinski definition) is 1. The Morgan fingerprint density at radius 2 is 1.82 bits per heavy atom. The van der Waals surface area contributed by atoms with Crippen molar-refractivity contribution in [2.75, 3.05) is 27.6 Å². The molecular weight excluding hydrogens is 484 g/mol. The van der Waals surface area contributed by atoms with Crippen molar-refractivity contribution < 1.29 is 28.8 Å². The van der Waals surface area contributed by atoms with Crippen molar-refractivity contribution in [1.82, 2.24) is 4.90 Å². The minimum Gasteiger partial charge on any atom is -0.493 e. The van der Waals surface area contributed by atoms with Crippen molar-refractivity contribution in [3.63, 3.8) is 0 Å². The van der Waals surface area contributed by atoms with Gasteiger partial charge in [-0.25, -0.2) is 4.99 Å². The van der Waals surface area contributed by atoms with E-state index in [2.05, 4.69) is 25.7 Å². The topological polar surface area (TPSA) is 82.0 Å². The molecule has 8 heteroatoms. The van der Waals surface area contributed by atoms with E-state index >= 15 is 0 Å². The number of benzene rings is 2. The molecule has 2 aromatic carbocycles. The molecule has 7 rings (SSSR count). The molecule has 5 aliphatic rings. The number of methoxy groups -OCH3 is 2. The quantitative estimate of drug-likeness (QED) is 0.629. The summed E-state index contributed by atoms with van der Waals surface area (Å²) in [6.07, 6.45) is 2.34. The first-order valence-corrected chi connectivity index (χ1v) is 13.6. The lowest BCUT2D eigenvalue weighted by Crippen LogP contribution is -2.45. The summed E-state index contributed by atoms with van der Waals surface area (Å²) >= 11 is 0. The highest BCUT2D eigenvalue weighted by Crippen LogP contribution is 2.68. The van der Waals surface area contributed by atoms with Gasteiger partial charge in [0.05, 0.1) is 26.3 Å². The van der Waals surface area contributed by atoms with Crippen molar-refractivity contribution in [2.45, 2.75) is 64.3 Å². The summed E-state index contributed by atoms with van der Waals surface area (Å²) in [5.74, 6) is 3.16. The molecular formula is C30H36N2O6. The minimum atomic E-state index is -0.864. The number of aliphatic hydroxyl groups is 1. The van der Waals surface area contributed by atoms with Gasteiger partial charge < -0.3 is 33.7 Å². The molecule has 38 heavy (non-hydrogen) atoms. The molecule has 0 aromatic heterocycles. The predicted octanol–water partition coefficient (Wildman–Crippen LogP) is 4.64. The van der Waals surface area contributed by atoms with Crippen LogP contribution in [-0.2, 0) is 11.2 Å². The number of hydrogen-bond acceptors (Lipinski definition) is 8. The second-order valence-corrected chi connectivity index (χ2v) is 12.1. The first-order valence-electron chi connectivity index (χ1n) is 13.6. The fraction of sp³-hybridized carbons (Fsp3) is 0.567. The zero-order valence-electron chi connectivity index (χ0n) is 22.7. The first kappa shape index (κ1) is 23.9.